The molecule has 30 heavy (non-hydrogen) atoms. The maximum Gasteiger partial charge on any atom is 0.214 e. The zero-order valence-electron chi connectivity index (χ0n) is 18.7. The summed E-state index contributed by atoms with van der Waals surface area (Å²) >= 11 is 0. The van der Waals surface area contributed by atoms with Crippen LogP contribution in [0.25, 0.3) is 0 Å². The third-order valence-corrected chi connectivity index (χ3v) is 8.71. The predicted octanol–water partition coefficient (Wildman–Crippen LogP) is 4.89. The Morgan fingerprint density at radius 3 is 2.33 bits per heavy atom. The van der Waals surface area contributed by atoms with E-state index in [4.69, 9.17) is 0 Å². The molecule has 3 rings (SSSR count). The summed E-state index contributed by atoms with van der Waals surface area (Å²) in [6.07, 6.45) is 9.84. The summed E-state index contributed by atoms with van der Waals surface area (Å²) in [4.78, 5) is 2.24. The van der Waals surface area contributed by atoms with Crippen molar-refractivity contribution in [2.24, 2.45) is 5.92 Å². The van der Waals surface area contributed by atoms with Crippen LogP contribution in [0.3, 0.4) is 0 Å². The average molecular weight is 440 g/mol. The van der Waals surface area contributed by atoms with Crippen LogP contribution in [0, 0.1) is 11.7 Å². The van der Waals surface area contributed by atoms with E-state index in [-0.39, 0.29) is 11.9 Å². The highest BCUT2D eigenvalue weighted by Gasteiger charge is 2.26. The van der Waals surface area contributed by atoms with Crippen LogP contribution in [0.15, 0.2) is 18.2 Å². The Balaban J connectivity index is 1.51. The molecule has 1 aromatic rings. The van der Waals surface area contributed by atoms with Gasteiger partial charge in [-0.05, 0) is 76.5 Å². The van der Waals surface area contributed by atoms with Gasteiger partial charge >= 0.3 is 0 Å². The van der Waals surface area contributed by atoms with Crippen LogP contribution >= 0.6 is 0 Å². The Bertz CT molecular complexity index is 786. The van der Waals surface area contributed by atoms with Crippen molar-refractivity contribution in [1.82, 2.24) is 4.72 Å². The molecule has 0 amide bonds. The van der Waals surface area contributed by atoms with Crippen molar-refractivity contribution in [3.63, 3.8) is 0 Å². The van der Waals surface area contributed by atoms with Crippen LogP contribution in [0.5, 0.6) is 0 Å². The summed E-state index contributed by atoms with van der Waals surface area (Å²) < 4.78 is 41.2. The summed E-state index contributed by atoms with van der Waals surface area (Å²) in [5.74, 6) is 0.275. The van der Waals surface area contributed by atoms with Gasteiger partial charge in [0.2, 0.25) is 10.0 Å². The molecule has 0 aliphatic heterocycles. The van der Waals surface area contributed by atoms with Gasteiger partial charge in [-0.15, -0.1) is 0 Å². The van der Waals surface area contributed by atoms with Gasteiger partial charge in [0.15, 0.2) is 0 Å². The zero-order valence-corrected chi connectivity index (χ0v) is 19.5. The van der Waals surface area contributed by atoms with Gasteiger partial charge in [0.1, 0.15) is 5.82 Å². The van der Waals surface area contributed by atoms with E-state index in [2.05, 4.69) is 28.1 Å². The van der Waals surface area contributed by atoms with E-state index >= 15 is 0 Å². The lowest BCUT2D eigenvalue weighted by Crippen LogP contribution is -2.41. The van der Waals surface area contributed by atoms with Crippen molar-refractivity contribution in [3.8, 4) is 0 Å². The second-order valence-electron chi connectivity index (χ2n) is 9.41. The SMILES string of the molecule is CC(C)S(=O)(=O)NC1CCC(CNc2cc(F)cc(N(C)C3CCCCC3)c2)CC1. The van der Waals surface area contributed by atoms with Gasteiger partial charge in [-0.2, -0.15) is 0 Å². The number of hydrogen-bond donors (Lipinski definition) is 2. The molecule has 7 heteroatoms. The Labute approximate surface area is 181 Å². The Morgan fingerprint density at radius 2 is 1.70 bits per heavy atom. The fraction of sp³-hybridized carbons (Fsp3) is 0.739. The van der Waals surface area contributed by atoms with Gasteiger partial charge in [0.25, 0.3) is 0 Å². The van der Waals surface area contributed by atoms with Crippen LogP contribution in [0.4, 0.5) is 15.8 Å². The normalized spacial score (nSPS) is 23.5. The quantitative estimate of drug-likeness (QED) is 0.605. The Kier molecular flexibility index (Phi) is 8.02. The highest BCUT2D eigenvalue weighted by atomic mass is 32.2. The molecular formula is C23H38FN3O2S. The van der Waals surface area contributed by atoms with Gasteiger partial charge in [0, 0.05) is 37.1 Å². The van der Waals surface area contributed by atoms with Crippen molar-refractivity contribution < 1.29 is 12.8 Å². The first-order valence-corrected chi connectivity index (χ1v) is 13.1. The minimum atomic E-state index is -3.21. The number of nitrogens with zero attached hydrogens (tertiary/aromatic N) is 1. The van der Waals surface area contributed by atoms with E-state index in [1.807, 2.05) is 0 Å². The number of anilines is 2. The molecule has 2 aliphatic rings. The molecule has 2 fully saturated rings. The lowest BCUT2D eigenvalue weighted by molar-refractivity contribution is 0.323. The smallest absolute Gasteiger partial charge is 0.214 e. The molecule has 2 saturated carbocycles. The van der Waals surface area contributed by atoms with Gasteiger partial charge in [-0.25, -0.2) is 17.5 Å². The monoisotopic (exact) mass is 439 g/mol. The average Bonchev–Trinajstić information content (AvgIpc) is 2.72. The molecule has 0 atom stereocenters. The third kappa shape index (κ3) is 6.33. The maximum absolute atomic E-state index is 14.3. The molecular weight excluding hydrogens is 401 g/mol. The van der Waals surface area contributed by atoms with Gasteiger partial charge < -0.3 is 10.2 Å². The minimum Gasteiger partial charge on any atom is -0.385 e. The highest BCUT2D eigenvalue weighted by Crippen LogP contribution is 2.30. The minimum absolute atomic E-state index is 0.0403. The molecule has 170 valence electrons. The molecule has 1 aromatic carbocycles. The molecule has 2 aliphatic carbocycles. The second-order valence-corrected chi connectivity index (χ2v) is 11.7. The van der Waals surface area contributed by atoms with Gasteiger partial charge in [-0.3, -0.25) is 0 Å². The maximum atomic E-state index is 14.3. The van der Waals surface area contributed by atoms with E-state index in [1.165, 1.54) is 32.1 Å². The second kappa shape index (κ2) is 10.3. The van der Waals surface area contributed by atoms with Crippen LogP contribution in [-0.2, 0) is 10.0 Å². The van der Waals surface area contributed by atoms with E-state index in [0.717, 1.165) is 43.6 Å². The largest absolute Gasteiger partial charge is 0.385 e. The van der Waals surface area contributed by atoms with Crippen molar-refractivity contribution >= 4 is 21.4 Å². The summed E-state index contributed by atoms with van der Waals surface area (Å²) in [7, 11) is -1.13. The number of benzene rings is 1. The van der Waals surface area contributed by atoms with Crippen LogP contribution in [0.1, 0.15) is 71.6 Å². The van der Waals surface area contributed by atoms with E-state index in [0.29, 0.717) is 12.0 Å². The summed E-state index contributed by atoms with van der Waals surface area (Å²) in [6.45, 7) is 4.20. The summed E-state index contributed by atoms with van der Waals surface area (Å²) in [6, 6.07) is 5.80. The number of nitrogens with one attached hydrogen (secondary N) is 2. The van der Waals surface area contributed by atoms with E-state index in [9.17, 15) is 12.8 Å². The molecule has 2 N–H and O–H groups in total. The molecule has 0 aromatic heterocycles. The lowest BCUT2D eigenvalue weighted by atomic mass is 9.86. The van der Waals surface area contributed by atoms with Gasteiger partial charge in [0.05, 0.1) is 5.25 Å². The zero-order chi connectivity index (χ0) is 21.7. The fourth-order valence-corrected chi connectivity index (χ4v) is 5.65. The van der Waals surface area contributed by atoms with Crippen molar-refractivity contribution in [2.45, 2.75) is 89.0 Å². The fourth-order valence-electron chi connectivity index (χ4n) is 4.67. The summed E-state index contributed by atoms with van der Waals surface area (Å²) in [5.41, 5.74) is 1.77. The van der Waals surface area contributed by atoms with Crippen molar-refractivity contribution in [2.75, 3.05) is 23.8 Å². The summed E-state index contributed by atoms with van der Waals surface area (Å²) in [5, 5.41) is 3.03. The van der Waals surface area contributed by atoms with E-state index in [1.54, 1.807) is 26.0 Å². The topological polar surface area (TPSA) is 61.4 Å². The molecule has 5 nitrogen and oxygen atoms in total. The van der Waals surface area contributed by atoms with Gasteiger partial charge in [-0.1, -0.05) is 19.3 Å². The van der Waals surface area contributed by atoms with Crippen LogP contribution in [-0.4, -0.2) is 39.3 Å². The van der Waals surface area contributed by atoms with Crippen LogP contribution < -0.4 is 14.9 Å². The first-order valence-electron chi connectivity index (χ1n) is 11.5. The number of halogens is 1. The highest BCUT2D eigenvalue weighted by molar-refractivity contribution is 7.90. The molecule has 0 heterocycles. The first kappa shape index (κ1) is 23.3. The van der Waals surface area contributed by atoms with Crippen LogP contribution in [0.2, 0.25) is 0 Å². The van der Waals surface area contributed by atoms with Crippen molar-refractivity contribution in [1.29, 1.82) is 0 Å². The first-order chi connectivity index (χ1) is 14.2. The third-order valence-electron chi connectivity index (χ3n) is 6.81. The standard InChI is InChI=1S/C23H38FN3O2S/c1-17(2)30(28,29)26-20-11-9-18(10-12-20)16-25-21-13-19(24)14-23(15-21)27(3)22-7-5-4-6-8-22/h13-15,17-18,20,22,25-26H,4-12,16H2,1-3H3. The van der Waals surface area contributed by atoms with Crippen molar-refractivity contribution in [3.05, 3.63) is 24.0 Å². The lowest BCUT2D eigenvalue weighted by Gasteiger charge is -2.33. The number of hydrogen-bond acceptors (Lipinski definition) is 4. The molecule has 0 saturated heterocycles. The number of rotatable bonds is 8. The van der Waals surface area contributed by atoms with E-state index < -0.39 is 15.3 Å². The molecule has 0 unspecified atom stereocenters. The molecule has 0 radical (unpaired) electrons. The molecule has 0 spiro atoms. The molecule has 0 bridgehead atoms. The Hall–Kier alpha value is -1.34. The predicted molar refractivity (Wildman–Crippen MR) is 123 cm³/mol. The number of sulfonamides is 1. The Morgan fingerprint density at radius 1 is 1.03 bits per heavy atom.